The molecule has 0 aromatic carbocycles. The van der Waals surface area contributed by atoms with Crippen molar-refractivity contribution in [2.24, 2.45) is 0 Å². The van der Waals surface area contributed by atoms with Crippen molar-refractivity contribution in [2.45, 2.75) is 142 Å². The molecule has 0 spiro atoms. The quantitative estimate of drug-likeness (QED) is 0.0371. The molecule has 11 heteroatoms. The molecular weight excluding hydrogens is 544 g/mol. The van der Waals surface area contributed by atoms with E-state index in [1.54, 1.807) is 12.2 Å². The summed E-state index contributed by atoms with van der Waals surface area (Å²) in [6.07, 6.45) is 29.1. The van der Waals surface area contributed by atoms with Crippen LogP contribution in [-0.2, 0) is 29.2 Å². The van der Waals surface area contributed by atoms with Crippen molar-refractivity contribution < 1.29 is 34.3 Å². The molecule has 0 amide bonds. The summed E-state index contributed by atoms with van der Waals surface area (Å²) >= 11 is 0. The minimum absolute atomic E-state index is 0. The second-order valence-corrected chi connectivity index (χ2v) is 11.0. The van der Waals surface area contributed by atoms with Gasteiger partial charge in [-0.05, 0) is 37.8 Å². The standard InChI is InChI=1S/2C13H26O4S.Ca/c2*1-2-3-4-5-6-7-8-9-10-11-12-13-17-18(14,15)16;/h2*12-13H,2-11H2,1H3,(H,14,15,16);/q;;+2/p-2/b2*13-12+;. The van der Waals surface area contributed by atoms with E-state index in [1.807, 2.05) is 0 Å². The van der Waals surface area contributed by atoms with Crippen LogP contribution in [0.15, 0.2) is 24.7 Å². The van der Waals surface area contributed by atoms with Gasteiger partial charge >= 0.3 is 37.7 Å². The Morgan fingerprint density at radius 3 is 0.973 bits per heavy atom. The molecule has 0 unspecified atom stereocenters. The van der Waals surface area contributed by atoms with Crippen molar-refractivity contribution >= 4 is 58.5 Å². The molecule has 0 rings (SSSR count). The molecule has 0 aliphatic heterocycles. The van der Waals surface area contributed by atoms with Crippen LogP contribution in [0.4, 0.5) is 0 Å². The molecule has 37 heavy (non-hydrogen) atoms. The van der Waals surface area contributed by atoms with Crippen LogP contribution >= 0.6 is 0 Å². The van der Waals surface area contributed by atoms with Gasteiger partial charge in [0.05, 0.1) is 0 Å². The Balaban J connectivity index is -0.000000608. The van der Waals surface area contributed by atoms with Gasteiger partial charge in [0.2, 0.25) is 0 Å². The maximum Gasteiger partial charge on any atom is 2.00 e. The predicted octanol–water partition coefficient (Wildman–Crippen LogP) is 7.41. The summed E-state index contributed by atoms with van der Waals surface area (Å²) in [5.74, 6) is 0. The van der Waals surface area contributed by atoms with Gasteiger partial charge in [0, 0.05) is 0 Å². The van der Waals surface area contributed by atoms with Crippen LogP contribution in [0.2, 0.25) is 0 Å². The smallest absolute Gasteiger partial charge is 0.716 e. The minimum atomic E-state index is -4.57. The molecule has 0 heterocycles. The second-order valence-electron chi connectivity index (χ2n) is 8.99. The summed E-state index contributed by atoms with van der Waals surface area (Å²) in [5, 5.41) is 0. The number of allylic oxidation sites excluding steroid dienone is 2. The fourth-order valence-corrected chi connectivity index (χ4v) is 3.93. The summed E-state index contributed by atoms with van der Waals surface area (Å²) < 4.78 is 68.4. The van der Waals surface area contributed by atoms with Crippen LogP contribution in [0.5, 0.6) is 0 Å². The van der Waals surface area contributed by atoms with E-state index in [1.165, 1.54) is 89.9 Å². The summed E-state index contributed by atoms with van der Waals surface area (Å²) in [5.41, 5.74) is 0. The van der Waals surface area contributed by atoms with Crippen LogP contribution in [0, 0.1) is 0 Å². The van der Waals surface area contributed by atoms with E-state index in [2.05, 4.69) is 22.2 Å². The largest absolute Gasteiger partial charge is 2.00 e. The van der Waals surface area contributed by atoms with Gasteiger partial charge in [-0.2, -0.15) is 0 Å². The van der Waals surface area contributed by atoms with E-state index < -0.39 is 20.8 Å². The van der Waals surface area contributed by atoms with Crippen LogP contribution in [-0.4, -0.2) is 63.7 Å². The van der Waals surface area contributed by atoms with Crippen molar-refractivity contribution in [3.05, 3.63) is 24.7 Å². The van der Waals surface area contributed by atoms with E-state index in [0.717, 1.165) is 51.0 Å². The zero-order valence-corrected chi connectivity index (χ0v) is 27.1. The third-order valence-electron chi connectivity index (χ3n) is 5.49. The van der Waals surface area contributed by atoms with Crippen molar-refractivity contribution in [3.8, 4) is 0 Å². The topological polar surface area (TPSA) is 133 Å². The third kappa shape index (κ3) is 46.4. The molecule has 8 nitrogen and oxygen atoms in total. The fraction of sp³-hybridized carbons (Fsp3) is 0.846. The number of rotatable bonds is 24. The number of unbranched alkanes of at least 4 members (excludes halogenated alkanes) is 18. The van der Waals surface area contributed by atoms with Crippen LogP contribution in [0.25, 0.3) is 0 Å². The molecule has 0 saturated heterocycles. The Bertz CT molecular complexity index is 661. The summed E-state index contributed by atoms with van der Waals surface area (Å²) in [6, 6.07) is 0. The normalized spacial score (nSPS) is 11.8. The van der Waals surface area contributed by atoms with Gasteiger partial charge in [-0.3, -0.25) is 0 Å². The molecule has 216 valence electrons. The minimum Gasteiger partial charge on any atom is -0.716 e. The predicted molar refractivity (Wildman–Crippen MR) is 149 cm³/mol. The zero-order chi connectivity index (χ0) is 27.4. The average molecular weight is 595 g/mol. The monoisotopic (exact) mass is 594 g/mol. The molecule has 0 aromatic heterocycles. The fourth-order valence-electron chi connectivity index (χ4n) is 3.50. The van der Waals surface area contributed by atoms with Crippen molar-refractivity contribution in [1.29, 1.82) is 0 Å². The van der Waals surface area contributed by atoms with Crippen molar-refractivity contribution in [1.82, 2.24) is 0 Å². The van der Waals surface area contributed by atoms with Gasteiger partial charge in [0.1, 0.15) is 12.5 Å². The third-order valence-corrected chi connectivity index (χ3v) is 6.18. The Morgan fingerprint density at radius 1 is 0.486 bits per heavy atom. The van der Waals surface area contributed by atoms with Gasteiger partial charge in [0.15, 0.2) is 0 Å². The van der Waals surface area contributed by atoms with E-state index in [4.69, 9.17) is 0 Å². The molecule has 0 N–H and O–H groups in total. The maximum atomic E-state index is 10.1. The first-order valence-corrected chi connectivity index (χ1v) is 16.4. The second kappa shape index (κ2) is 30.7. The number of hydrogen-bond donors (Lipinski definition) is 0. The molecule has 0 aliphatic carbocycles. The van der Waals surface area contributed by atoms with E-state index >= 15 is 0 Å². The Morgan fingerprint density at radius 2 is 0.730 bits per heavy atom. The van der Waals surface area contributed by atoms with Crippen LogP contribution in [0.3, 0.4) is 0 Å². The van der Waals surface area contributed by atoms with Gasteiger partial charge in [-0.1, -0.05) is 117 Å². The Labute approximate surface area is 258 Å². The van der Waals surface area contributed by atoms with Gasteiger partial charge < -0.3 is 17.5 Å². The molecule has 0 aliphatic rings. The van der Waals surface area contributed by atoms with Gasteiger partial charge in [0.25, 0.3) is 20.8 Å². The summed E-state index contributed by atoms with van der Waals surface area (Å²) in [4.78, 5) is 0. The van der Waals surface area contributed by atoms with Crippen molar-refractivity contribution in [3.63, 3.8) is 0 Å². The first-order chi connectivity index (χ1) is 17.1. The van der Waals surface area contributed by atoms with Crippen LogP contribution < -0.4 is 0 Å². The first kappa shape index (κ1) is 41.6. The molecule has 0 radical (unpaired) electrons. The average Bonchev–Trinajstić information content (AvgIpc) is 2.79. The molecule has 0 saturated carbocycles. The number of hydrogen-bond acceptors (Lipinski definition) is 8. The van der Waals surface area contributed by atoms with Crippen molar-refractivity contribution in [2.75, 3.05) is 0 Å². The molecular formula is C26H50CaO8S2. The van der Waals surface area contributed by atoms with Crippen LogP contribution in [0.1, 0.15) is 142 Å². The van der Waals surface area contributed by atoms with E-state index in [9.17, 15) is 25.9 Å². The van der Waals surface area contributed by atoms with E-state index in [-0.39, 0.29) is 37.7 Å². The zero-order valence-electron chi connectivity index (χ0n) is 23.2. The molecule has 0 aromatic rings. The molecule has 0 fully saturated rings. The Hall–Kier alpha value is 0.160. The Kier molecular flexibility index (Phi) is 34.5. The van der Waals surface area contributed by atoms with E-state index in [0.29, 0.717) is 0 Å². The first-order valence-electron chi connectivity index (χ1n) is 13.7. The molecule has 0 atom stereocenters. The summed E-state index contributed by atoms with van der Waals surface area (Å²) in [7, 11) is -9.15. The maximum absolute atomic E-state index is 10.1. The van der Waals surface area contributed by atoms with Gasteiger partial charge in [-0.25, -0.2) is 16.8 Å². The molecule has 0 bridgehead atoms. The SMILES string of the molecule is CCCCCCCCCCC/C=C/OS(=O)(=O)[O-].CCCCCCCCCCC/C=C/OS(=O)(=O)[O-].[Ca+2]. The summed E-state index contributed by atoms with van der Waals surface area (Å²) in [6.45, 7) is 4.44. The van der Waals surface area contributed by atoms with Gasteiger partial charge in [-0.15, -0.1) is 0 Å².